The first kappa shape index (κ1) is 25.9. The van der Waals surface area contributed by atoms with Gasteiger partial charge in [0.05, 0.1) is 11.7 Å². The number of rotatable bonds is 5. The fourth-order valence-electron chi connectivity index (χ4n) is 8.53. The maximum atomic E-state index is 11.8. The van der Waals surface area contributed by atoms with Gasteiger partial charge in [-0.3, -0.25) is 4.79 Å². The van der Waals surface area contributed by atoms with Crippen molar-refractivity contribution < 1.29 is 19.7 Å². The van der Waals surface area contributed by atoms with Gasteiger partial charge in [-0.05, 0) is 73.5 Å². The fraction of sp³-hybridized carbons (Fsp3) is 0.833. The average molecular weight is 473 g/mol. The molecule has 3 fully saturated rings. The molecular weight excluding hydrogens is 424 g/mol. The Morgan fingerprint density at radius 2 is 1.82 bits per heavy atom. The molecule has 192 valence electrons. The van der Waals surface area contributed by atoms with Gasteiger partial charge >= 0.3 is 5.97 Å². The van der Waals surface area contributed by atoms with E-state index in [1.54, 1.807) is 0 Å². The van der Waals surface area contributed by atoms with Crippen LogP contribution in [0, 0.1) is 46.3 Å². The SMILES string of the molecule is CC(=O)O[C@@H]1CC[C@]2(C)[C@@H]3C(=CC[C@@]2(O)C1)[C@@H]1CC[C@H]([C@H](C)/C=C/[C@H](C)C(C)C)[C@@]1(C)C[C@H]3O. The molecule has 4 heteroatoms. The summed E-state index contributed by atoms with van der Waals surface area (Å²) >= 11 is 0. The molecule has 0 radical (unpaired) electrons. The number of aliphatic hydroxyl groups excluding tert-OH is 1. The van der Waals surface area contributed by atoms with E-state index in [0.717, 1.165) is 19.3 Å². The predicted octanol–water partition coefficient (Wildman–Crippen LogP) is 6.07. The summed E-state index contributed by atoms with van der Waals surface area (Å²) in [4.78, 5) is 11.5. The molecule has 0 aromatic heterocycles. The van der Waals surface area contributed by atoms with Crippen LogP contribution in [0.1, 0.15) is 93.4 Å². The number of aliphatic hydroxyl groups is 2. The maximum Gasteiger partial charge on any atom is 0.302 e. The lowest BCUT2D eigenvalue weighted by Gasteiger charge is -2.62. The van der Waals surface area contributed by atoms with Gasteiger partial charge in [0, 0.05) is 24.7 Å². The summed E-state index contributed by atoms with van der Waals surface area (Å²) in [6.07, 6.45) is 12.2. The van der Waals surface area contributed by atoms with E-state index in [4.69, 9.17) is 4.74 Å². The summed E-state index contributed by atoms with van der Waals surface area (Å²) in [6.45, 7) is 15.3. The van der Waals surface area contributed by atoms with Crippen molar-refractivity contribution in [2.24, 2.45) is 46.3 Å². The van der Waals surface area contributed by atoms with Crippen LogP contribution >= 0.6 is 0 Å². The normalized spacial score (nSPS) is 45.8. The van der Waals surface area contributed by atoms with E-state index in [1.807, 2.05) is 0 Å². The number of hydrogen-bond acceptors (Lipinski definition) is 4. The third-order valence-corrected chi connectivity index (χ3v) is 10.9. The van der Waals surface area contributed by atoms with Crippen LogP contribution < -0.4 is 0 Å². The second-order valence-electron chi connectivity index (χ2n) is 13.2. The van der Waals surface area contributed by atoms with E-state index in [1.165, 1.54) is 25.3 Å². The Bertz CT molecular complexity index is 845. The summed E-state index contributed by atoms with van der Waals surface area (Å²) < 4.78 is 5.50. The minimum Gasteiger partial charge on any atom is -0.462 e. The molecule has 10 atom stereocenters. The van der Waals surface area contributed by atoms with Crippen LogP contribution in [0.2, 0.25) is 0 Å². The largest absolute Gasteiger partial charge is 0.462 e. The van der Waals surface area contributed by atoms with Crippen LogP contribution in [-0.4, -0.2) is 34.0 Å². The lowest BCUT2D eigenvalue weighted by atomic mass is 9.45. The average Bonchev–Trinajstić information content (AvgIpc) is 3.08. The predicted molar refractivity (Wildman–Crippen MR) is 136 cm³/mol. The first-order valence-corrected chi connectivity index (χ1v) is 13.8. The molecule has 0 bridgehead atoms. The zero-order chi connectivity index (χ0) is 25.1. The van der Waals surface area contributed by atoms with Crippen molar-refractivity contribution in [2.75, 3.05) is 0 Å². The van der Waals surface area contributed by atoms with Gasteiger partial charge < -0.3 is 14.9 Å². The van der Waals surface area contributed by atoms with E-state index in [0.29, 0.717) is 42.4 Å². The van der Waals surface area contributed by atoms with E-state index in [9.17, 15) is 15.0 Å². The van der Waals surface area contributed by atoms with Crippen molar-refractivity contribution in [3.8, 4) is 0 Å². The Morgan fingerprint density at radius 3 is 2.47 bits per heavy atom. The number of fused-ring (bicyclic) bond motifs is 5. The zero-order valence-electron chi connectivity index (χ0n) is 22.5. The van der Waals surface area contributed by atoms with Gasteiger partial charge in [0.15, 0.2) is 0 Å². The van der Waals surface area contributed by atoms with E-state index in [-0.39, 0.29) is 28.8 Å². The van der Waals surface area contributed by atoms with Gasteiger partial charge in [-0.25, -0.2) is 0 Å². The highest BCUT2D eigenvalue weighted by molar-refractivity contribution is 5.66. The molecule has 0 spiro atoms. The fourth-order valence-corrected chi connectivity index (χ4v) is 8.53. The number of esters is 1. The van der Waals surface area contributed by atoms with Crippen LogP contribution in [0.4, 0.5) is 0 Å². The Balaban J connectivity index is 1.59. The summed E-state index contributed by atoms with van der Waals surface area (Å²) in [7, 11) is 0. The minimum atomic E-state index is -0.935. The molecule has 34 heavy (non-hydrogen) atoms. The second-order valence-corrected chi connectivity index (χ2v) is 13.2. The van der Waals surface area contributed by atoms with Gasteiger partial charge in [-0.1, -0.05) is 65.3 Å². The van der Waals surface area contributed by atoms with Gasteiger partial charge in [-0.15, -0.1) is 0 Å². The summed E-state index contributed by atoms with van der Waals surface area (Å²) in [5.41, 5.74) is 0.182. The lowest BCUT2D eigenvalue weighted by Crippen LogP contribution is -2.63. The number of carbonyl (C=O) groups is 1. The molecule has 0 heterocycles. The van der Waals surface area contributed by atoms with Crippen LogP contribution in [0.15, 0.2) is 23.8 Å². The molecule has 0 aliphatic heterocycles. The summed E-state index contributed by atoms with van der Waals surface area (Å²) in [6, 6.07) is 0. The van der Waals surface area contributed by atoms with Gasteiger partial charge in [0.25, 0.3) is 0 Å². The monoisotopic (exact) mass is 472 g/mol. The van der Waals surface area contributed by atoms with Crippen molar-refractivity contribution in [1.29, 1.82) is 0 Å². The maximum absolute atomic E-state index is 11.8. The third-order valence-electron chi connectivity index (χ3n) is 10.9. The molecule has 4 aliphatic carbocycles. The number of ether oxygens (including phenoxy) is 1. The molecule has 4 aliphatic rings. The smallest absolute Gasteiger partial charge is 0.302 e. The number of hydrogen-bond donors (Lipinski definition) is 2. The Kier molecular flexibility index (Phi) is 6.92. The van der Waals surface area contributed by atoms with Crippen molar-refractivity contribution >= 4 is 5.97 Å². The van der Waals surface area contributed by atoms with Crippen LogP contribution in [0.5, 0.6) is 0 Å². The van der Waals surface area contributed by atoms with Gasteiger partial charge in [0.1, 0.15) is 6.10 Å². The van der Waals surface area contributed by atoms with Crippen LogP contribution in [0.25, 0.3) is 0 Å². The Labute approximate surface area is 207 Å². The Hall–Kier alpha value is -1.13. The molecular formula is C30H48O4. The van der Waals surface area contributed by atoms with Crippen molar-refractivity contribution in [3.63, 3.8) is 0 Å². The molecule has 4 nitrogen and oxygen atoms in total. The summed E-state index contributed by atoms with van der Waals surface area (Å²) in [5, 5.41) is 23.5. The number of carbonyl (C=O) groups excluding carboxylic acids is 1. The molecule has 0 aromatic rings. The van der Waals surface area contributed by atoms with Crippen LogP contribution in [-0.2, 0) is 9.53 Å². The van der Waals surface area contributed by atoms with E-state index >= 15 is 0 Å². The highest BCUT2D eigenvalue weighted by Gasteiger charge is 2.65. The van der Waals surface area contributed by atoms with Crippen LogP contribution in [0.3, 0.4) is 0 Å². The third kappa shape index (κ3) is 4.11. The molecule has 3 saturated carbocycles. The molecule has 0 saturated heterocycles. The first-order valence-electron chi connectivity index (χ1n) is 13.8. The van der Waals surface area contributed by atoms with E-state index in [2.05, 4.69) is 59.8 Å². The molecule has 4 rings (SSSR count). The number of allylic oxidation sites excluding steroid dienone is 2. The first-order chi connectivity index (χ1) is 15.8. The molecule has 2 N–H and O–H groups in total. The highest BCUT2D eigenvalue weighted by Crippen LogP contribution is 2.67. The second kappa shape index (κ2) is 9.07. The zero-order valence-corrected chi connectivity index (χ0v) is 22.5. The van der Waals surface area contributed by atoms with Crippen molar-refractivity contribution in [3.05, 3.63) is 23.8 Å². The quantitative estimate of drug-likeness (QED) is 0.377. The van der Waals surface area contributed by atoms with Gasteiger partial charge in [-0.2, -0.15) is 0 Å². The molecule has 0 aromatic carbocycles. The standard InChI is InChI=1S/C30H48O4/c1-18(2)19(3)8-9-20(4)24-10-11-25-23-13-15-30(33)16-22(34-21(5)31)12-14-29(30,7)27(23)26(32)17-28(24,25)6/h8-9,13,18-20,22,24-27,32-33H,10-12,14-17H2,1-7H3/b9-8+/t19-,20+,22+,24+,25-,26+,27+,28+,29+,30+/m0/s1. The van der Waals surface area contributed by atoms with Gasteiger partial charge in [0.2, 0.25) is 0 Å². The minimum absolute atomic E-state index is 0.00633. The van der Waals surface area contributed by atoms with E-state index < -0.39 is 11.7 Å². The molecule has 0 unspecified atom stereocenters. The van der Waals surface area contributed by atoms with Crippen molar-refractivity contribution in [1.82, 2.24) is 0 Å². The highest BCUT2D eigenvalue weighted by atomic mass is 16.5. The lowest BCUT2D eigenvalue weighted by molar-refractivity contribution is -0.197. The molecule has 0 amide bonds. The summed E-state index contributed by atoms with van der Waals surface area (Å²) in [5.74, 6) is 2.49. The van der Waals surface area contributed by atoms with Crippen molar-refractivity contribution in [2.45, 2.75) is 111 Å². The Morgan fingerprint density at radius 1 is 1.12 bits per heavy atom. The topological polar surface area (TPSA) is 66.8 Å².